The molecule has 0 spiro atoms. The molecule has 0 aliphatic carbocycles. The van der Waals surface area contributed by atoms with Crippen molar-refractivity contribution in [1.82, 2.24) is 9.78 Å². The minimum absolute atomic E-state index is 0.0455. The van der Waals surface area contributed by atoms with Crippen molar-refractivity contribution in [2.75, 3.05) is 5.32 Å². The molecule has 8 heteroatoms. The molecule has 1 N–H and O–H groups in total. The summed E-state index contributed by atoms with van der Waals surface area (Å²) in [7, 11) is 0. The third kappa shape index (κ3) is 3.47. The molecule has 1 aliphatic heterocycles. The maximum Gasteiger partial charge on any atom is 0.573 e. The van der Waals surface area contributed by atoms with E-state index in [1.165, 1.54) is 12.1 Å². The van der Waals surface area contributed by atoms with E-state index < -0.39 is 12.3 Å². The van der Waals surface area contributed by atoms with E-state index in [0.29, 0.717) is 23.6 Å². The Bertz CT molecular complexity index is 799. The van der Waals surface area contributed by atoms with Crippen LogP contribution in [0.2, 0.25) is 0 Å². The average molecular weight is 353 g/mol. The highest BCUT2D eigenvalue weighted by molar-refractivity contribution is 5.94. The largest absolute Gasteiger partial charge is 0.573 e. The first-order chi connectivity index (χ1) is 11.8. The van der Waals surface area contributed by atoms with Crippen molar-refractivity contribution < 1.29 is 22.7 Å². The number of alkyl halides is 3. The number of hydrogen-bond donors (Lipinski definition) is 1. The number of benzene rings is 1. The number of ether oxygens (including phenoxy) is 1. The van der Waals surface area contributed by atoms with Gasteiger partial charge in [-0.2, -0.15) is 5.10 Å². The van der Waals surface area contributed by atoms with Crippen LogP contribution in [0.1, 0.15) is 42.5 Å². The number of nitrogens with one attached hydrogen (secondary N) is 1. The van der Waals surface area contributed by atoms with Gasteiger partial charge in [0.1, 0.15) is 11.6 Å². The molecule has 2 aromatic rings. The van der Waals surface area contributed by atoms with Gasteiger partial charge in [-0.05, 0) is 19.4 Å². The van der Waals surface area contributed by atoms with Crippen LogP contribution in [-0.2, 0) is 11.3 Å². The summed E-state index contributed by atoms with van der Waals surface area (Å²) in [4.78, 5) is 12.2. The number of hydrogen-bond acceptors (Lipinski definition) is 3. The van der Waals surface area contributed by atoms with Crippen LogP contribution in [0.5, 0.6) is 5.75 Å². The predicted molar refractivity (Wildman–Crippen MR) is 85.5 cm³/mol. The summed E-state index contributed by atoms with van der Waals surface area (Å²) in [6, 6.07) is 5.93. The number of halogens is 3. The number of fused-ring (bicyclic) bond motifs is 1. The first kappa shape index (κ1) is 17.3. The fourth-order valence-corrected chi connectivity index (χ4v) is 3.24. The van der Waals surface area contributed by atoms with Crippen molar-refractivity contribution in [2.45, 2.75) is 45.5 Å². The van der Waals surface area contributed by atoms with E-state index in [2.05, 4.69) is 15.2 Å². The monoisotopic (exact) mass is 353 g/mol. The standard InChI is InChI=1S/C17H18F3N3O2/c1-3-8-23-16-15(10(2)22-23)12(9-14(24)21-16)11-6-4-5-7-13(11)25-17(18,19)20/h4-7,12H,3,8-9H2,1-2H3,(H,21,24). The summed E-state index contributed by atoms with van der Waals surface area (Å²) in [5.41, 5.74) is 1.76. The van der Waals surface area contributed by atoms with Gasteiger partial charge >= 0.3 is 6.36 Å². The van der Waals surface area contributed by atoms with E-state index in [9.17, 15) is 18.0 Å². The Kier molecular flexibility index (Phi) is 4.45. The zero-order chi connectivity index (χ0) is 18.2. The molecule has 134 valence electrons. The molecule has 3 rings (SSSR count). The molecule has 1 atom stereocenters. The van der Waals surface area contributed by atoms with E-state index in [1.807, 2.05) is 6.92 Å². The number of aryl methyl sites for hydroxylation is 2. The Morgan fingerprint density at radius 2 is 2.08 bits per heavy atom. The number of anilines is 1. The fraction of sp³-hybridized carbons (Fsp3) is 0.412. The molecule has 0 saturated heterocycles. The Morgan fingerprint density at radius 3 is 2.76 bits per heavy atom. The maximum absolute atomic E-state index is 12.7. The predicted octanol–water partition coefficient (Wildman–Crippen LogP) is 3.97. The Morgan fingerprint density at radius 1 is 1.36 bits per heavy atom. The number of rotatable bonds is 4. The third-order valence-electron chi connectivity index (χ3n) is 4.13. The molecule has 2 heterocycles. The van der Waals surface area contributed by atoms with E-state index in [4.69, 9.17) is 0 Å². The van der Waals surface area contributed by atoms with Crippen LogP contribution in [-0.4, -0.2) is 22.1 Å². The smallest absolute Gasteiger partial charge is 0.405 e. The molecule has 0 saturated carbocycles. The zero-order valence-corrected chi connectivity index (χ0v) is 13.9. The lowest BCUT2D eigenvalue weighted by molar-refractivity contribution is -0.274. The summed E-state index contributed by atoms with van der Waals surface area (Å²) in [5, 5.41) is 7.24. The summed E-state index contributed by atoms with van der Waals surface area (Å²) >= 11 is 0. The minimum atomic E-state index is -4.79. The van der Waals surface area contributed by atoms with Gasteiger partial charge in [0.2, 0.25) is 5.91 Å². The van der Waals surface area contributed by atoms with Gasteiger partial charge in [0.25, 0.3) is 0 Å². The number of aromatic nitrogens is 2. The van der Waals surface area contributed by atoms with Crippen LogP contribution < -0.4 is 10.1 Å². The molecule has 5 nitrogen and oxygen atoms in total. The first-order valence-corrected chi connectivity index (χ1v) is 8.02. The van der Waals surface area contributed by atoms with Crippen LogP contribution in [0.15, 0.2) is 24.3 Å². The lowest BCUT2D eigenvalue weighted by Gasteiger charge is -2.26. The maximum atomic E-state index is 12.7. The summed E-state index contributed by atoms with van der Waals surface area (Å²) < 4.78 is 44.0. The molecular weight excluding hydrogens is 335 g/mol. The number of para-hydroxylation sites is 1. The summed E-state index contributed by atoms with van der Waals surface area (Å²) in [6.45, 7) is 4.39. The number of amides is 1. The van der Waals surface area contributed by atoms with Crippen LogP contribution >= 0.6 is 0 Å². The molecule has 25 heavy (non-hydrogen) atoms. The van der Waals surface area contributed by atoms with E-state index >= 15 is 0 Å². The first-order valence-electron chi connectivity index (χ1n) is 8.02. The van der Waals surface area contributed by atoms with Crippen molar-refractivity contribution in [2.24, 2.45) is 0 Å². The fourth-order valence-electron chi connectivity index (χ4n) is 3.24. The van der Waals surface area contributed by atoms with Crippen LogP contribution in [0, 0.1) is 6.92 Å². The second-order valence-electron chi connectivity index (χ2n) is 5.96. The van der Waals surface area contributed by atoms with Crippen LogP contribution in [0.4, 0.5) is 19.0 Å². The van der Waals surface area contributed by atoms with Crippen LogP contribution in [0.25, 0.3) is 0 Å². The Hall–Kier alpha value is -2.51. The van der Waals surface area contributed by atoms with Gasteiger partial charge in [-0.3, -0.25) is 4.79 Å². The Balaban J connectivity index is 2.10. The number of carbonyl (C=O) groups excluding carboxylic acids is 1. The topological polar surface area (TPSA) is 56.2 Å². The molecule has 1 aliphatic rings. The molecule has 0 fully saturated rings. The minimum Gasteiger partial charge on any atom is -0.405 e. The molecule has 1 aromatic heterocycles. The van der Waals surface area contributed by atoms with Gasteiger partial charge in [0, 0.05) is 30.0 Å². The molecule has 1 aromatic carbocycles. The quantitative estimate of drug-likeness (QED) is 0.905. The highest BCUT2D eigenvalue weighted by Gasteiger charge is 2.37. The van der Waals surface area contributed by atoms with Gasteiger partial charge in [-0.25, -0.2) is 4.68 Å². The van der Waals surface area contributed by atoms with Crippen molar-refractivity contribution in [1.29, 1.82) is 0 Å². The molecule has 1 unspecified atom stereocenters. The molecular formula is C17H18F3N3O2. The SMILES string of the molecule is CCCn1nc(C)c2c1NC(=O)CC2c1ccccc1OC(F)(F)F. The van der Waals surface area contributed by atoms with Crippen molar-refractivity contribution >= 4 is 11.7 Å². The molecule has 0 bridgehead atoms. The number of nitrogens with zero attached hydrogens (tertiary/aromatic N) is 2. The zero-order valence-electron chi connectivity index (χ0n) is 13.9. The Labute approximate surface area is 142 Å². The lowest BCUT2D eigenvalue weighted by atomic mass is 9.85. The van der Waals surface area contributed by atoms with Crippen molar-refractivity contribution in [3.63, 3.8) is 0 Å². The van der Waals surface area contributed by atoms with Crippen molar-refractivity contribution in [3.8, 4) is 5.75 Å². The third-order valence-corrected chi connectivity index (χ3v) is 4.13. The normalized spacial score (nSPS) is 17.2. The van der Waals surface area contributed by atoms with Gasteiger partial charge in [0.05, 0.1) is 5.69 Å². The highest BCUT2D eigenvalue weighted by Crippen LogP contribution is 2.43. The molecule has 1 amide bonds. The highest BCUT2D eigenvalue weighted by atomic mass is 19.4. The average Bonchev–Trinajstić information content (AvgIpc) is 2.82. The van der Waals surface area contributed by atoms with Crippen LogP contribution in [0.3, 0.4) is 0 Å². The van der Waals surface area contributed by atoms with Crippen molar-refractivity contribution in [3.05, 3.63) is 41.1 Å². The van der Waals surface area contributed by atoms with Gasteiger partial charge in [0.15, 0.2) is 0 Å². The van der Waals surface area contributed by atoms with Gasteiger partial charge in [-0.1, -0.05) is 25.1 Å². The second kappa shape index (κ2) is 6.42. The van der Waals surface area contributed by atoms with Gasteiger partial charge in [-0.15, -0.1) is 13.2 Å². The number of carbonyl (C=O) groups is 1. The summed E-state index contributed by atoms with van der Waals surface area (Å²) in [6.07, 6.45) is -3.93. The van der Waals surface area contributed by atoms with E-state index in [1.54, 1.807) is 23.7 Å². The lowest BCUT2D eigenvalue weighted by Crippen LogP contribution is -2.26. The second-order valence-corrected chi connectivity index (χ2v) is 5.96. The molecule has 0 radical (unpaired) electrons. The van der Waals surface area contributed by atoms with Gasteiger partial charge < -0.3 is 10.1 Å². The van der Waals surface area contributed by atoms with E-state index in [-0.39, 0.29) is 18.1 Å². The summed E-state index contributed by atoms with van der Waals surface area (Å²) in [5.74, 6) is -0.518. The van der Waals surface area contributed by atoms with E-state index in [0.717, 1.165) is 12.0 Å².